The second-order valence-corrected chi connectivity index (χ2v) is 3.15. The predicted octanol–water partition coefficient (Wildman–Crippen LogP) is 1.32. The van der Waals surface area contributed by atoms with Crippen molar-refractivity contribution in [2.24, 2.45) is 0 Å². The number of nitrogens with one attached hydrogen (secondary N) is 1. The summed E-state index contributed by atoms with van der Waals surface area (Å²) in [5.41, 5.74) is 0.785. The minimum absolute atomic E-state index is 0.341. The molecule has 0 aliphatic heterocycles. The van der Waals surface area contributed by atoms with Gasteiger partial charge in [-0.2, -0.15) is 5.10 Å². The van der Waals surface area contributed by atoms with Gasteiger partial charge in [-0.3, -0.25) is 5.10 Å². The average molecular weight is 168 g/mol. The summed E-state index contributed by atoms with van der Waals surface area (Å²) < 4.78 is 0.877. The van der Waals surface area contributed by atoms with Crippen molar-refractivity contribution < 1.29 is 9.90 Å². The molecule has 0 spiro atoms. The highest BCUT2D eigenvalue weighted by molar-refractivity contribution is 7.20. The van der Waals surface area contributed by atoms with Crippen LogP contribution in [0.2, 0.25) is 0 Å². The number of nitrogens with zero attached hydrogens (tertiary/aromatic N) is 1. The Morgan fingerprint density at radius 3 is 3.18 bits per heavy atom. The smallest absolute Gasteiger partial charge is 0.345 e. The summed E-state index contributed by atoms with van der Waals surface area (Å²) in [5.74, 6) is -0.889. The number of fused-ring (bicyclic) bond motifs is 1. The molecule has 0 atom stereocenters. The third kappa shape index (κ3) is 0.894. The van der Waals surface area contributed by atoms with Crippen LogP contribution >= 0.6 is 11.3 Å². The van der Waals surface area contributed by atoms with Crippen molar-refractivity contribution in [3.05, 3.63) is 17.1 Å². The molecule has 0 fully saturated rings. The third-order valence-electron chi connectivity index (χ3n) is 1.34. The molecule has 4 nitrogen and oxygen atoms in total. The summed E-state index contributed by atoms with van der Waals surface area (Å²) in [5, 5.41) is 15.0. The zero-order chi connectivity index (χ0) is 7.84. The van der Waals surface area contributed by atoms with E-state index in [-0.39, 0.29) is 0 Å². The van der Waals surface area contributed by atoms with Crippen LogP contribution in [0, 0.1) is 0 Å². The lowest BCUT2D eigenvalue weighted by molar-refractivity contribution is 0.0702. The first-order valence-electron chi connectivity index (χ1n) is 2.93. The molecule has 56 valence electrons. The van der Waals surface area contributed by atoms with Crippen LogP contribution in [-0.4, -0.2) is 21.3 Å². The van der Waals surface area contributed by atoms with Gasteiger partial charge in [-0.05, 0) is 6.07 Å². The maximum atomic E-state index is 10.4. The standard InChI is InChI=1S/C6H4N2O2S/c9-6(10)4-1-3-5(11-4)2-7-8-3/h1-2H,(H,7,8)(H,9,10). The number of carbonyl (C=O) groups is 1. The van der Waals surface area contributed by atoms with Crippen LogP contribution < -0.4 is 0 Å². The Hall–Kier alpha value is -1.36. The van der Waals surface area contributed by atoms with Crippen molar-refractivity contribution in [3.8, 4) is 0 Å². The molecule has 0 aliphatic rings. The van der Waals surface area contributed by atoms with Gasteiger partial charge in [-0.1, -0.05) is 0 Å². The van der Waals surface area contributed by atoms with Gasteiger partial charge < -0.3 is 5.11 Å². The molecule has 2 aromatic rings. The molecule has 0 amide bonds. The number of aromatic amines is 1. The molecule has 0 bridgehead atoms. The van der Waals surface area contributed by atoms with Crippen LogP contribution in [0.5, 0.6) is 0 Å². The summed E-state index contributed by atoms with van der Waals surface area (Å²) >= 11 is 1.22. The van der Waals surface area contributed by atoms with Crippen molar-refractivity contribution in [1.82, 2.24) is 10.2 Å². The molecule has 0 saturated carbocycles. The zero-order valence-electron chi connectivity index (χ0n) is 5.37. The quantitative estimate of drug-likeness (QED) is 0.674. The van der Waals surface area contributed by atoms with Gasteiger partial charge >= 0.3 is 5.97 Å². The molecule has 2 aromatic heterocycles. The van der Waals surface area contributed by atoms with Gasteiger partial charge in [-0.25, -0.2) is 4.79 Å². The van der Waals surface area contributed by atoms with E-state index in [1.165, 1.54) is 11.3 Å². The summed E-state index contributed by atoms with van der Waals surface area (Å²) in [6.45, 7) is 0. The van der Waals surface area contributed by atoms with Crippen molar-refractivity contribution in [3.63, 3.8) is 0 Å². The number of aromatic carboxylic acids is 1. The van der Waals surface area contributed by atoms with Gasteiger partial charge in [0, 0.05) is 0 Å². The first-order chi connectivity index (χ1) is 5.27. The van der Waals surface area contributed by atoms with Crippen LogP contribution in [0.25, 0.3) is 10.2 Å². The maximum Gasteiger partial charge on any atom is 0.345 e. The molecule has 0 aromatic carbocycles. The fourth-order valence-electron chi connectivity index (χ4n) is 0.854. The second kappa shape index (κ2) is 2.06. The van der Waals surface area contributed by atoms with Crippen LogP contribution in [0.15, 0.2) is 12.3 Å². The lowest BCUT2D eigenvalue weighted by Crippen LogP contribution is -1.89. The summed E-state index contributed by atoms with van der Waals surface area (Å²) in [6, 6.07) is 1.58. The first kappa shape index (κ1) is 6.36. The Labute approximate surface area is 65.5 Å². The van der Waals surface area contributed by atoms with Crippen molar-refractivity contribution in [1.29, 1.82) is 0 Å². The molecule has 0 aliphatic carbocycles. The molecule has 11 heavy (non-hydrogen) atoms. The van der Waals surface area contributed by atoms with E-state index in [4.69, 9.17) is 5.11 Å². The average Bonchev–Trinajstić information content (AvgIpc) is 2.40. The van der Waals surface area contributed by atoms with Gasteiger partial charge in [0.15, 0.2) is 0 Å². The molecule has 2 N–H and O–H groups in total. The fourth-order valence-corrected chi connectivity index (χ4v) is 1.68. The highest BCUT2D eigenvalue weighted by Gasteiger charge is 2.08. The Balaban J connectivity index is 2.67. The summed E-state index contributed by atoms with van der Waals surface area (Å²) in [6.07, 6.45) is 1.62. The lowest BCUT2D eigenvalue weighted by atomic mass is 10.4. The van der Waals surface area contributed by atoms with Gasteiger partial charge in [0.2, 0.25) is 0 Å². The molecule has 0 radical (unpaired) electrons. The van der Waals surface area contributed by atoms with Crippen molar-refractivity contribution in [2.75, 3.05) is 0 Å². The molecular weight excluding hydrogens is 164 g/mol. The number of H-pyrrole nitrogens is 1. The van der Waals surface area contributed by atoms with E-state index in [1.807, 2.05) is 0 Å². The summed E-state index contributed by atoms with van der Waals surface area (Å²) in [4.78, 5) is 10.8. The molecule has 5 heteroatoms. The highest BCUT2D eigenvalue weighted by atomic mass is 32.1. The maximum absolute atomic E-state index is 10.4. The predicted molar refractivity (Wildman–Crippen MR) is 40.9 cm³/mol. The summed E-state index contributed by atoms with van der Waals surface area (Å²) in [7, 11) is 0. The van der Waals surface area contributed by atoms with Crippen LogP contribution in [0.1, 0.15) is 9.67 Å². The number of aromatic nitrogens is 2. The Kier molecular flexibility index (Phi) is 1.19. The van der Waals surface area contributed by atoms with Gasteiger partial charge in [-0.15, -0.1) is 11.3 Å². The molecule has 2 rings (SSSR count). The zero-order valence-corrected chi connectivity index (χ0v) is 6.18. The first-order valence-corrected chi connectivity index (χ1v) is 3.75. The van der Waals surface area contributed by atoms with E-state index in [0.717, 1.165) is 10.2 Å². The third-order valence-corrected chi connectivity index (χ3v) is 2.40. The van der Waals surface area contributed by atoms with Gasteiger partial charge in [0.1, 0.15) is 4.88 Å². The number of thiophene rings is 1. The number of hydrogen-bond donors (Lipinski definition) is 2. The monoisotopic (exact) mass is 168 g/mol. The SMILES string of the molecule is O=C(O)c1cc2[nH]ncc2s1. The second-order valence-electron chi connectivity index (χ2n) is 2.06. The van der Waals surface area contributed by atoms with Crippen LogP contribution in [0.3, 0.4) is 0 Å². The Morgan fingerprint density at radius 1 is 1.73 bits per heavy atom. The van der Waals surface area contributed by atoms with E-state index in [0.29, 0.717) is 4.88 Å². The van der Waals surface area contributed by atoms with Crippen molar-refractivity contribution in [2.45, 2.75) is 0 Å². The number of rotatable bonds is 1. The van der Waals surface area contributed by atoms with Crippen molar-refractivity contribution >= 4 is 27.5 Å². The largest absolute Gasteiger partial charge is 0.477 e. The van der Waals surface area contributed by atoms with Crippen LogP contribution in [-0.2, 0) is 0 Å². The van der Waals surface area contributed by atoms with E-state index >= 15 is 0 Å². The Morgan fingerprint density at radius 2 is 2.55 bits per heavy atom. The number of carboxylic acids is 1. The van der Waals surface area contributed by atoms with E-state index in [2.05, 4.69) is 10.2 Å². The molecule has 2 heterocycles. The lowest BCUT2D eigenvalue weighted by Gasteiger charge is -1.80. The molecular formula is C6H4N2O2S. The number of hydrogen-bond acceptors (Lipinski definition) is 3. The highest BCUT2D eigenvalue weighted by Crippen LogP contribution is 2.22. The van der Waals surface area contributed by atoms with Gasteiger partial charge in [0.05, 0.1) is 16.4 Å². The molecule has 0 saturated heterocycles. The minimum atomic E-state index is -0.889. The Bertz CT molecular complexity index is 375. The van der Waals surface area contributed by atoms with E-state index in [9.17, 15) is 4.79 Å². The normalized spacial score (nSPS) is 10.5. The topological polar surface area (TPSA) is 66.0 Å². The van der Waals surface area contributed by atoms with E-state index < -0.39 is 5.97 Å². The number of carboxylic acid groups (broad SMARTS) is 1. The van der Waals surface area contributed by atoms with Crippen LogP contribution in [0.4, 0.5) is 0 Å². The molecule has 0 unspecified atom stereocenters. The van der Waals surface area contributed by atoms with E-state index in [1.54, 1.807) is 12.3 Å². The fraction of sp³-hybridized carbons (Fsp3) is 0. The minimum Gasteiger partial charge on any atom is -0.477 e. The van der Waals surface area contributed by atoms with Gasteiger partial charge in [0.25, 0.3) is 0 Å².